The van der Waals surface area contributed by atoms with Crippen LogP contribution in [-0.2, 0) is 13.0 Å². The Morgan fingerprint density at radius 3 is 2.55 bits per heavy atom. The molecule has 3 aromatic rings. The Morgan fingerprint density at radius 1 is 1.05 bits per heavy atom. The van der Waals surface area contributed by atoms with Crippen molar-refractivity contribution in [3.05, 3.63) is 59.7 Å². The second kappa shape index (κ2) is 4.92. The molecule has 0 aliphatic rings. The van der Waals surface area contributed by atoms with Gasteiger partial charge in [0.25, 0.3) is 0 Å². The Hall–Kier alpha value is -2.43. The highest BCUT2D eigenvalue weighted by Crippen LogP contribution is 2.21. The lowest BCUT2D eigenvalue weighted by atomic mass is 10.1. The van der Waals surface area contributed by atoms with Crippen LogP contribution >= 0.6 is 0 Å². The zero-order valence-electron chi connectivity index (χ0n) is 10.7. The molecule has 0 unspecified atom stereocenters. The standard InChI is InChI=1S/C15H13F2N3/c16-11-6-4-10(5-7-11)8-9-20-13-3-1-2-12(17)14(13)19-15(20)18/h1-7H,8-9H2,(H2,18,19). The molecular weight excluding hydrogens is 260 g/mol. The van der Waals surface area contributed by atoms with Crippen molar-refractivity contribution < 1.29 is 8.78 Å². The molecule has 0 spiro atoms. The van der Waals surface area contributed by atoms with E-state index in [0.717, 1.165) is 5.56 Å². The molecular formula is C15H13F2N3. The molecule has 2 N–H and O–H groups in total. The highest BCUT2D eigenvalue weighted by molar-refractivity contribution is 5.78. The topological polar surface area (TPSA) is 43.8 Å². The molecule has 20 heavy (non-hydrogen) atoms. The largest absolute Gasteiger partial charge is 0.369 e. The molecule has 0 saturated carbocycles. The summed E-state index contributed by atoms with van der Waals surface area (Å²) in [4.78, 5) is 4.04. The fraction of sp³-hybridized carbons (Fsp3) is 0.133. The molecule has 2 aromatic carbocycles. The Labute approximate surface area is 114 Å². The maximum Gasteiger partial charge on any atom is 0.201 e. The first-order valence-corrected chi connectivity index (χ1v) is 6.30. The molecule has 1 heterocycles. The number of rotatable bonds is 3. The number of halogens is 2. The molecule has 0 fully saturated rings. The zero-order valence-corrected chi connectivity index (χ0v) is 10.7. The van der Waals surface area contributed by atoms with Crippen LogP contribution in [0.3, 0.4) is 0 Å². The molecule has 3 rings (SSSR count). The van der Waals surface area contributed by atoms with Gasteiger partial charge in [0.05, 0.1) is 5.52 Å². The van der Waals surface area contributed by atoms with Gasteiger partial charge in [0.1, 0.15) is 11.3 Å². The van der Waals surface area contributed by atoms with Crippen LogP contribution in [0.5, 0.6) is 0 Å². The first-order chi connectivity index (χ1) is 9.65. The van der Waals surface area contributed by atoms with Gasteiger partial charge >= 0.3 is 0 Å². The Balaban J connectivity index is 1.89. The van der Waals surface area contributed by atoms with Crippen molar-refractivity contribution in [1.29, 1.82) is 0 Å². The number of nitrogen functional groups attached to an aromatic ring is 1. The van der Waals surface area contributed by atoms with Crippen molar-refractivity contribution in [2.75, 3.05) is 5.73 Å². The van der Waals surface area contributed by atoms with E-state index in [0.29, 0.717) is 18.5 Å². The van der Waals surface area contributed by atoms with Crippen molar-refractivity contribution in [2.24, 2.45) is 0 Å². The summed E-state index contributed by atoms with van der Waals surface area (Å²) in [6.45, 7) is 0.567. The summed E-state index contributed by atoms with van der Waals surface area (Å²) in [5.74, 6) is -0.356. The molecule has 0 bridgehead atoms. The molecule has 0 radical (unpaired) electrons. The molecule has 5 heteroatoms. The van der Waals surface area contributed by atoms with E-state index >= 15 is 0 Å². The van der Waals surface area contributed by atoms with Gasteiger partial charge in [-0.3, -0.25) is 0 Å². The number of para-hydroxylation sites is 1. The first-order valence-electron chi connectivity index (χ1n) is 6.30. The van der Waals surface area contributed by atoms with Gasteiger partial charge in [-0.05, 0) is 36.2 Å². The minimum Gasteiger partial charge on any atom is -0.369 e. The van der Waals surface area contributed by atoms with E-state index in [2.05, 4.69) is 4.98 Å². The quantitative estimate of drug-likeness (QED) is 0.796. The third kappa shape index (κ3) is 2.22. The number of fused-ring (bicyclic) bond motifs is 1. The van der Waals surface area contributed by atoms with Gasteiger partial charge < -0.3 is 10.3 Å². The van der Waals surface area contributed by atoms with Gasteiger partial charge in [0, 0.05) is 6.54 Å². The summed E-state index contributed by atoms with van der Waals surface area (Å²) in [6, 6.07) is 11.1. The van der Waals surface area contributed by atoms with Gasteiger partial charge in [-0.15, -0.1) is 0 Å². The van der Waals surface area contributed by atoms with E-state index in [1.54, 1.807) is 28.8 Å². The van der Waals surface area contributed by atoms with Crippen LogP contribution in [0.15, 0.2) is 42.5 Å². The van der Waals surface area contributed by atoms with Gasteiger partial charge in [0.15, 0.2) is 5.82 Å². The highest BCUT2D eigenvalue weighted by atomic mass is 19.1. The number of imidazole rings is 1. The van der Waals surface area contributed by atoms with Crippen LogP contribution in [0.25, 0.3) is 11.0 Å². The minimum atomic E-state index is -0.380. The van der Waals surface area contributed by atoms with Crippen molar-refractivity contribution in [3.8, 4) is 0 Å². The van der Waals surface area contributed by atoms with Crippen molar-refractivity contribution in [2.45, 2.75) is 13.0 Å². The first kappa shape index (κ1) is 12.6. The summed E-state index contributed by atoms with van der Waals surface area (Å²) < 4.78 is 28.2. The van der Waals surface area contributed by atoms with Gasteiger partial charge in [-0.25, -0.2) is 13.8 Å². The monoisotopic (exact) mass is 273 g/mol. The Kier molecular flexibility index (Phi) is 3.10. The van der Waals surface area contributed by atoms with E-state index in [-0.39, 0.29) is 23.1 Å². The predicted molar refractivity (Wildman–Crippen MR) is 74.2 cm³/mol. The number of hydrogen-bond acceptors (Lipinski definition) is 2. The van der Waals surface area contributed by atoms with E-state index in [1.165, 1.54) is 18.2 Å². The molecule has 3 nitrogen and oxygen atoms in total. The SMILES string of the molecule is Nc1nc2c(F)cccc2n1CCc1ccc(F)cc1. The average Bonchev–Trinajstić information content (AvgIpc) is 2.76. The third-order valence-electron chi connectivity index (χ3n) is 3.30. The second-order valence-electron chi connectivity index (χ2n) is 4.61. The number of anilines is 1. The maximum atomic E-state index is 13.6. The summed E-state index contributed by atoms with van der Waals surface area (Å²) in [5, 5.41) is 0. The minimum absolute atomic E-state index is 0.261. The normalized spacial score (nSPS) is 11.1. The third-order valence-corrected chi connectivity index (χ3v) is 3.30. The molecule has 0 saturated heterocycles. The van der Waals surface area contributed by atoms with Gasteiger partial charge in [-0.2, -0.15) is 0 Å². The molecule has 0 aliphatic heterocycles. The summed E-state index contributed by atoms with van der Waals surface area (Å²) in [5.41, 5.74) is 7.78. The molecule has 0 amide bonds. The van der Waals surface area contributed by atoms with E-state index in [9.17, 15) is 8.78 Å². The number of nitrogens with zero attached hydrogens (tertiary/aromatic N) is 2. The van der Waals surface area contributed by atoms with Gasteiger partial charge in [-0.1, -0.05) is 18.2 Å². The smallest absolute Gasteiger partial charge is 0.201 e. The summed E-state index contributed by atoms with van der Waals surface area (Å²) in [6.07, 6.45) is 0.673. The van der Waals surface area contributed by atoms with Crippen molar-refractivity contribution >= 4 is 17.0 Å². The number of hydrogen-bond donors (Lipinski definition) is 1. The molecule has 0 atom stereocenters. The van der Waals surface area contributed by atoms with E-state index in [4.69, 9.17) is 5.73 Å². The van der Waals surface area contributed by atoms with Gasteiger partial charge in [0.2, 0.25) is 5.95 Å². The average molecular weight is 273 g/mol. The lowest BCUT2D eigenvalue weighted by Crippen LogP contribution is -2.05. The van der Waals surface area contributed by atoms with Crippen molar-refractivity contribution in [1.82, 2.24) is 9.55 Å². The van der Waals surface area contributed by atoms with E-state index in [1.807, 2.05) is 0 Å². The molecule has 1 aromatic heterocycles. The van der Waals surface area contributed by atoms with E-state index < -0.39 is 0 Å². The lowest BCUT2D eigenvalue weighted by Gasteiger charge is -2.06. The summed E-state index contributed by atoms with van der Waals surface area (Å²) >= 11 is 0. The Morgan fingerprint density at radius 2 is 1.80 bits per heavy atom. The highest BCUT2D eigenvalue weighted by Gasteiger charge is 2.11. The fourth-order valence-corrected chi connectivity index (χ4v) is 2.26. The lowest BCUT2D eigenvalue weighted by molar-refractivity contribution is 0.626. The van der Waals surface area contributed by atoms with Crippen LogP contribution in [0.2, 0.25) is 0 Å². The second-order valence-corrected chi connectivity index (χ2v) is 4.61. The van der Waals surface area contributed by atoms with Crippen LogP contribution in [0.1, 0.15) is 5.56 Å². The number of aryl methyl sites for hydroxylation is 2. The number of benzene rings is 2. The van der Waals surface area contributed by atoms with Crippen molar-refractivity contribution in [3.63, 3.8) is 0 Å². The predicted octanol–water partition coefficient (Wildman–Crippen LogP) is 3.14. The number of aromatic nitrogens is 2. The Bertz CT molecular complexity index is 748. The number of nitrogens with two attached hydrogens (primary N) is 1. The van der Waals surface area contributed by atoms with Crippen LogP contribution < -0.4 is 5.73 Å². The van der Waals surface area contributed by atoms with Crippen LogP contribution in [0.4, 0.5) is 14.7 Å². The van der Waals surface area contributed by atoms with Crippen LogP contribution in [0, 0.1) is 11.6 Å². The van der Waals surface area contributed by atoms with Crippen LogP contribution in [-0.4, -0.2) is 9.55 Å². The molecule has 0 aliphatic carbocycles. The summed E-state index contributed by atoms with van der Waals surface area (Å²) in [7, 11) is 0. The zero-order chi connectivity index (χ0) is 14.1. The molecule has 102 valence electrons. The maximum absolute atomic E-state index is 13.6. The fourth-order valence-electron chi connectivity index (χ4n) is 2.26.